The number of carbonyl (C=O) groups is 1. The number of ether oxygens (including phenoxy) is 2. The van der Waals surface area contributed by atoms with E-state index in [4.69, 9.17) is 13.6 Å². The van der Waals surface area contributed by atoms with Crippen LogP contribution in [0.2, 0.25) is 6.04 Å². The fourth-order valence-corrected chi connectivity index (χ4v) is 7.83. The minimum atomic E-state index is -2.21. The molecular formula is C18H38O5Si. The zero-order valence-electron chi connectivity index (χ0n) is 16.6. The van der Waals surface area contributed by atoms with E-state index in [0.717, 1.165) is 38.7 Å². The van der Waals surface area contributed by atoms with Crippen LogP contribution < -0.4 is 0 Å². The van der Waals surface area contributed by atoms with Gasteiger partial charge < -0.3 is 18.3 Å². The first-order valence-electron chi connectivity index (χ1n) is 9.58. The summed E-state index contributed by atoms with van der Waals surface area (Å²) in [4.78, 5) is 10.2. The number of carbonyl (C=O) groups excluding carboxylic acids is 1. The third-order valence-electron chi connectivity index (χ3n) is 4.37. The van der Waals surface area contributed by atoms with Crippen LogP contribution in [0, 0.1) is 0 Å². The zero-order chi connectivity index (χ0) is 18.5. The minimum Gasteiger partial charge on any atom is -0.466 e. The summed E-state index contributed by atoms with van der Waals surface area (Å²) in [7, 11) is -2.21. The van der Waals surface area contributed by atoms with Gasteiger partial charge in [-0.1, -0.05) is 26.7 Å². The van der Waals surface area contributed by atoms with Crippen molar-refractivity contribution in [3.8, 4) is 0 Å². The Kier molecular flexibility index (Phi) is 12.6. The van der Waals surface area contributed by atoms with Gasteiger partial charge in [0, 0.05) is 26.2 Å². The zero-order valence-corrected chi connectivity index (χ0v) is 17.6. The lowest BCUT2D eigenvalue weighted by atomic mass is 10.1. The molecule has 1 rings (SSSR count). The lowest BCUT2D eigenvalue weighted by molar-refractivity contribution is -0.142. The quantitative estimate of drug-likeness (QED) is 0.450. The van der Waals surface area contributed by atoms with E-state index in [-0.39, 0.29) is 11.2 Å². The second kappa shape index (κ2) is 12.9. The molecule has 1 aliphatic heterocycles. The number of hydrogen-bond donors (Lipinski definition) is 0. The molecule has 1 saturated heterocycles. The van der Waals surface area contributed by atoms with E-state index in [9.17, 15) is 4.79 Å². The standard InChI is InChI=1S/C13H28O3Si.C5H10O2/c1-5-13(14-6-2)11-9-10-12-17(13,15-7-3)16-8-4;1-3-5(6)7-4-2/h5-12H2,1-4H3;3-4H2,1-2H3. The van der Waals surface area contributed by atoms with Crippen molar-refractivity contribution in [1.82, 2.24) is 0 Å². The van der Waals surface area contributed by atoms with Crippen molar-refractivity contribution in [3.05, 3.63) is 0 Å². The highest BCUT2D eigenvalue weighted by molar-refractivity contribution is 6.70. The second-order valence-electron chi connectivity index (χ2n) is 5.77. The fourth-order valence-electron chi connectivity index (χ4n) is 3.37. The molecule has 0 N–H and O–H groups in total. The Morgan fingerprint density at radius 3 is 1.92 bits per heavy atom. The average molecular weight is 363 g/mol. The molecule has 1 heterocycles. The van der Waals surface area contributed by atoms with Gasteiger partial charge in [-0.2, -0.15) is 0 Å². The molecule has 5 nitrogen and oxygen atoms in total. The Labute approximate surface area is 149 Å². The molecule has 0 amide bonds. The van der Waals surface area contributed by atoms with Crippen LogP contribution >= 0.6 is 0 Å². The topological polar surface area (TPSA) is 54.0 Å². The van der Waals surface area contributed by atoms with Crippen LogP contribution in [0.5, 0.6) is 0 Å². The van der Waals surface area contributed by atoms with Crippen molar-refractivity contribution in [1.29, 1.82) is 0 Å². The maximum absolute atomic E-state index is 10.2. The van der Waals surface area contributed by atoms with Gasteiger partial charge in [0.05, 0.1) is 6.61 Å². The molecule has 0 aromatic heterocycles. The van der Waals surface area contributed by atoms with Crippen molar-refractivity contribution in [3.63, 3.8) is 0 Å². The molecule has 0 radical (unpaired) electrons. The van der Waals surface area contributed by atoms with E-state index in [1.165, 1.54) is 12.8 Å². The van der Waals surface area contributed by atoms with Crippen molar-refractivity contribution < 1.29 is 23.1 Å². The van der Waals surface area contributed by atoms with Crippen molar-refractivity contribution in [2.24, 2.45) is 0 Å². The Bertz CT molecular complexity index is 322. The maximum Gasteiger partial charge on any atom is 0.371 e. The molecule has 0 aliphatic carbocycles. The van der Waals surface area contributed by atoms with E-state index >= 15 is 0 Å². The van der Waals surface area contributed by atoms with E-state index in [0.29, 0.717) is 13.0 Å². The molecular weight excluding hydrogens is 324 g/mol. The van der Waals surface area contributed by atoms with Gasteiger partial charge in [0.25, 0.3) is 0 Å². The summed E-state index contributed by atoms with van der Waals surface area (Å²) in [6.45, 7) is 14.7. The molecule has 6 heteroatoms. The Morgan fingerprint density at radius 2 is 1.54 bits per heavy atom. The van der Waals surface area contributed by atoms with Gasteiger partial charge in [0.15, 0.2) is 0 Å². The van der Waals surface area contributed by atoms with E-state index in [2.05, 4.69) is 32.4 Å². The molecule has 0 spiro atoms. The predicted molar refractivity (Wildman–Crippen MR) is 99.2 cm³/mol. The SMILES string of the molecule is CCOC(=O)CC.CCOC1(CC)CCCC[Si]1(OCC)OCC. The molecule has 1 unspecified atom stereocenters. The molecule has 144 valence electrons. The Balaban J connectivity index is 0.000000640. The van der Waals surface area contributed by atoms with Crippen molar-refractivity contribution >= 4 is 14.5 Å². The third kappa shape index (κ3) is 6.46. The summed E-state index contributed by atoms with van der Waals surface area (Å²) in [6.07, 6.45) is 5.05. The summed E-state index contributed by atoms with van der Waals surface area (Å²) < 4.78 is 23.0. The molecule has 1 aliphatic rings. The van der Waals surface area contributed by atoms with E-state index in [1.807, 2.05) is 0 Å². The van der Waals surface area contributed by atoms with E-state index in [1.54, 1.807) is 13.8 Å². The highest BCUT2D eigenvalue weighted by Gasteiger charge is 2.58. The Hall–Kier alpha value is -0.433. The van der Waals surface area contributed by atoms with Crippen LogP contribution in [-0.2, 0) is 23.1 Å². The summed E-state index contributed by atoms with van der Waals surface area (Å²) in [5.41, 5.74) is 0. The van der Waals surface area contributed by atoms with Crippen molar-refractivity contribution in [2.75, 3.05) is 26.4 Å². The maximum atomic E-state index is 10.2. The minimum absolute atomic E-state index is 0.119. The van der Waals surface area contributed by atoms with Gasteiger partial charge in [-0.3, -0.25) is 4.79 Å². The first-order chi connectivity index (χ1) is 11.5. The summed E-state index contributed by atoms with van der Waals surface area (Å²) >= 11 is 0. The monoisotopic (exact) mass is 362 g/mol. The Morgan fingerprint density at radius 1 is 0.917 bits per heavy atom. The number of rotatable bonds is 9. The highest BCUT2D eigenvalue weighted by Crippen LogP contribution is 2.42. The smallest absolute Gasteiger partial charge is 0.371 e. The van der Waals surface area contributed by atoms with Crippen molar-refractivity contribution in [2.45, 2.75) is 84.9 Å². The molecule has 0 bridgehead atoms. The lowest BCUT2D eigenvalue weighted by Crippen LogP contribution is -2.65. The molecule has 0 aromatic carbocycles. The lowest BCUT2D eigenvalue weighted by Gasteiger charge is -2.49. The van der Waals surface area contributed by atoms with Crippen LogP contribution in [-0.4, -0.2) is 46.2 Å². The van der Waals surface area contributed by atoms with Crippen LogP contribution in [0.15, 0.2) is 0 Å². The highest BCUT2D eigenvalue weighted by atomic mass is 28.4. The van der Waals surface area contributed by atoms with Crippen LogP contribution in [0.1, 0.15) is 73.6 Å². The number of esters is 1. The molecule has 1 fully saturated rings. The van der Waals surface area contributed by atoms with Gasteiger partial charge in [-0.15, -0.1) is 0 Å². The molecule has 0 saturated carbocycles. The van der Waals surface area contributed by atoms with Gasteiger partial charge in [0.1, 0.15) is 5.22 Å². The first kappa shape index (κ1) is 23.6. The van der Waals surface area contributed by atoms with Gasteiger partial charge in [-0.25, -0.2) is 0 Å². The molecule has 24 heavy (non-hydrogen) atoms. The molecule has 1 atom stereocenters. The van der Waals surface area contributed by atoms with Gasteiger partial charge >= 0.3 is 14.5 Å². The fraction of sp³-hybridized carbons (Fsp3) is 0.944. The third-order valence-corrected chi connectivity index (χ3v) is 9.03. The van der Waals surface area contributed by atoms with Gasteiger partial charge in [-0.05, 0) is 46.6 Å². The van der Waals surface area contributed by atoms with Crippen LogP contribution in [0.4, 0.5) is 0 Å². The van der Waals surface area contributed by atoms with Crippen LogP contribution in [0.25, 0.3) is 0 Å². The summed E-state index contributed by atoms with van der Waals surface area (Å²) in [5, 5.41) is -0.119. The predicted octanol–water partition coefficient (Wildman–Crippen LogP) is 4.37. The summed E-state index contributed by atoms with van der Waals surface area (Å²) in [6, 6.07) is 1.09. The summed E-state index contributed by atoms with van der Waals surface area (Å²) in [5.74, 6) is -0.123. The normalized spacial score (nSPS) is 22.4. The van der Waals surface area contributed by atoms with Crippen LogP contribution in [0.3, 0.4) is 0 Å². The largest absolute Gasteiger partial charge is 0.466 e. The van der Waals surface area contributed by atoms with E-state index < -0.39 is 8.56 Å². The first-order valence-corrected chi connectivity index (χ1v) is 11.6. The molecule has 0 aromatic rings. The average Bonchev–Trinajstić information content (AvgIpc) is 2.58. The second-order valence-corrected chi connectivity index (χ2v) is 9.26. The number of hydrogen-bond acceptors (Lipinski definition) is 5. The van der Waals surface area contributed by atoms with Gasteiger partial charge in [0.2, 0.25) is 0 Å².